The highest BCUT2D eigenvalue weighted by Crippen LogP contribution is 2.39. The molecular formula is C12H14F3N. The molecule has 0 saturated heterocycles. The summed E-state index contributed by atoms with van der Waals surface area (Å²) in [5.41, 5.74) is 1.49. The zero-order chi connectivity index (χ0) is 11.9. The Bertz CT molecular complexity index is 409. The van der Waals surface area contributed by atoms with Crippen molar-refractivity contribution < 1.29 is 13.2 Å². The number of aryl methyl sites for hydroxylation is 1. The lowest BCUT2D eigenvalue weighted by Gasteiger charge is -2.27. The van der Waals surface area contributed by atoms with Gasteiger partial charge < -0.3 is 5.32 Å². The Morgan fingerprint density at radius 2 is 2.00 bits per heavy atom. The lowest BCUT2D eigenvalue weighted by Crippen LogP contribution is -2.24. The summed E-state index contributed by atoms with van der Waals surface area (Å²) in [5.74, 6) is 0.246. The number of fused-ring (bicyclic) bond motifs is 1. The van der Waals surface area contributed by atoms with Gasteiger partial charge in [-0.25, -0.2) is 0 Å². The van der Waals surface area contributed by atoms with Gasteiger partial charge in [0.1, 0.15) is 0 Å². The van der Waals surface area contributed by atoms with E-state index in [0.29, 0.717) is 17.7 Å². The summed E-state index contributed by atoms with van der Waals surface area (Å²) in [4.78, 5) is 0. The summed E-state index contributed by atoms with van der Waals surface area (Å²) in [6.07, 6.45) is -3.75. The van der Waals surface area contributed by atoms with Crippen molar-refractivity contribution in [3.8, 4) is 0 Å². The molecule has 88 valence electrons. The van der Waals surface area contributed by atoms with Crippen LogP contribution >= 0.6 is 0 Å². The second-order valence-electron chi connectivity index (χ2n) is 4.47. The Labute approximate surface area is 92.7 Å². The van der Waals surface area contributed by atoms with Gasteiger partial charge in [0.2, 0.25) is 0 Å². The molecule has 0 aliphatic carbocycles. The van der Waals surface area contributed by atoms with Gasteiger partial charge >= 0.3 is 6.18 Å². The van der Waals surface area contributed by atoms with Crippen LogP contribution in [0.15, 0.2) is 12.1 Å². The largest absolute Gasteiger partial charge is 0.416 e. The predicted molar refractivity (Wildman–Crippen MR) is 57.5 cm³/mol. The molecule has 1 aromatic carbocycles. The van der Waals surface area contributed by atoms with Gasteiger partial charge in [-0.3, -0.25) is 0 Å². The Kier molecular flexibility index (Phi) is 2.60. The van der Waals surface area contributed by atoms with Gasteiger partial charge in [-0.2, -0.15) is 13.2 Å². The van der Waals surface area contributed by atoms with E-state index in [1.165, 1.54) is 12.1 Å². The summed E-state index contributed by atoms with van der Waals surface area (Å²) in [5, 5.41) is 3.09. The van der Waals surface area contributed by atoms with Gasteiger partial charge in [0, 0.05) is 12.2 Å². The average molecular weight is 229 g/mol. The quantitative estimate of drug-likeness (QED) is 0.716. The standard InChI is InChI=1S/C12H14F3N/c1-7-5-9-10(12(13,14)15)4-3-8(2)11(9)16-6-7/h3-4,7,16H,5-6H2,1-2H3. The fourth-order valence-corrected chi connectivity index (χ4v) is 2.19. The van der Waals surface area contributed by atoms with Crippen molar-refractivity contribution in [3.05, 3.63) is 28.8 Å². The molecular weight excluding hydrogens is 215 g/mol. The van der Waals surface area contributed by atoms with Crippen LogP contribution in [-0.2, 0) is 12.6 Å². The van der Waals surface area contributed by atoms with Crippen molar-refractivity contribution in [1.29, 1.82) is 0 Å². The third-order valence-corrected chi connectivity index (χ3v) is 3.01. The van der Waals surface area contributed by atoms with Crippen molar-refractivity contribution >= 4 is 5.69 Å². The van der Waals surface area contributed by atoms with Gasteiger partial charge in [0.05, 0.1) is 5.56 Å². The lowest BCUT2D eigenvalue weighted by molar-refractivity contribution is -0.138. The zero-order valence-electron chi connectivity index (χ0n) is 9.28. The van der Waals surface area contributed by atoms with Crippen LogP contribution in [0.5, 0.6) is 0 Å². The Hall–Kier alpha value is -1.19. The van der Waals surface area contributed by atoms with Crippen LogP contribution in [0.2, 0.25) is 0 Å². The molecule has 0 amide bonds. The van der Waals surface area contributed by atoms with E-state index < -0.39 is 11.7 Å². The maximum absolute atomic E-state index is 12.8. The summed E-state index contributed by atoms with van der Waals surface area (Å²) in [6.45, 7) is 4.54. The molecule has 0 fully saturated rings. The Morgan fingerprint density at radius 1 is 1.31 bits per heavy atom. The highest BCUT2D eigenvalue weighted by Gasteiger charge is 2.35. The molecule has 2 rings (SSSR count). The Morgan fingerprint density at radius 3 is 2.62 bits per heavy atom. The SMILES string of the molecule is Cc1ccc(C(F)(F)F)c2c1NCC(C)C2. The molecule has 16 heavy (non-hydrogen) atoms. The lowest BCUT2D eigenvalue weighted by atomic mass is 9.89. The molecule has 0 radical (unpaired) electrons. The van der Waals surface area contributed by atoms with E-state index in [1.54, 1.807) is 0 Å². The third-order valence-electron chi connectivity index (χ3n) is 3.01. The summed E-state index contributed by atoms with van der Waals surface area (Å²) in [6, 6.07) is 2.72. The Balaban J connectivity index is 2.57. The molecule has 1 heterocycles. The van der Waals surface area contributed by atoms with E-state index in [1.807, 2.05) is 13.8 Å². The number of hydrogen-bond donors (Lipinski definition) is 1. The van der Waals surface area contributed by atoms with Crippen molar-refractivity contribution in [2.75, 3.05) is 11.9 Å². The molecule has 0 aromatic heterocycles. The number of anilines is 1. The molecule has 4 heteroatoms. The molecule has 1 aliphatic heterocycles. The minimum atomic E-state index is -4.25. The summed E-state index contributed by atoms with van der Waals surface area (Å²) >= 11 is 0. The van der Waals surface area contributed by atoms with Gasteiger partial charge in [0.15, 0.2) is 0 Å². The number of alkyl halides is 3. The van der Waals surface area contributed by atoms with E-state index in [0.717, 1.165) is 12.1 Å². The number of benzene rings is 1. The zero-order valence-corrected chi connectivity index (χ0v) is 9.28. The molecule has 0 spiro atoms. The number of halogens is 3. The first-order valence-electron chi connectivity index (χ1n) is 5.33. The summed E-state index contributed by atoms with van der Waals surface area (Å²) in [7, 11) is 0. The molecule has 1 unspecified atom stereocenters. The molecule has 0 bridgehead atoms. The average Bonchev–Trinajstić information content (AvgIpc) is 2.15. The van der Waals surface area contributed by atoms with Crippen molar-refractivity contribution in [2.45, 2.75) is 26.4 Å². The van der Waals surface area contributed by atoms with Crippen LogP contribution in [0.1, 0.15) is 23.6 Å². The highest BCUT2D eigenvalue weighted by atomic mass is 19.4. The van der Waals surface area contributed by atoms with E-state index in [4.69, 9.17) is 0 Å². The molecule has 0 saturated carbocycles. The maximum Gasteiger partial charge on any atom is 0.416 e. The van der Waals surface area contributed by atoms with Crippen LogP contribution in [-0.4, -0.2) is 6.54 Å². The van der Waals surface area contributed by atoms with E-state index in [2.05, 4.69) is 5.32 Å². The second-order valence-corrected chi connectivity index (χ2v) is 4.47. The van der Waals surface area contributed by atoms with Crippen LogP contribution in [0.3, 0.4) is 0 Å². The van der Waals surface area contributed by atoms with Crippen LogP contribution in [0.25, 0.3) is 0 Å². The first kappa shape index (κ1) is 11.3. The fourth-order valence-electron chi connectivity index (χ4n) is 2.19. The normalized spacial score (nSPS) is 20.2. The second kappa shape index (κ2) is 3.68. The fraction of sp³-hybridized carbons (Fsp3) is 0.500. The van der Waals surface area contributed by atoms with E-state index in [-0.39, 0.29) is 5.92 Å². The molecule has 1 aromatic rings. The van der Waals surface area contributed by atoms with Crippen LogP contribution in [0, 0.1) is 12.8 Å². The number of hydrogen-bond acceptors (Lipinski definition) is 1. The minimum absolute atomic E-state index is 0.246. The maximum atomic E-state index is 12.8. The molecule has 1 atom stereocenters. The van der Waals surface area contributed by atoms with Gasteiger partial charge in [-0.1, -0.05) is 13.0 Å². The molecule has 1 nitrogen and oxygen atoms in total. The number of rotatable bonds is 0. The van der Waals surface area contributed by atoms with Crippen LogP contribution in [0.4, 0.5) is 18.9 Å². The number of nitrogens with one attached hydrogen (secondary N) is 1. The predicted octanol–water partition coefficient (Wildman–Crippen LogP) is 3.62. The molecule has 1 N–H and O–H groups in total. The molecule has 1 aliphatic rings. The van der Waals surface area contributed by atoms with Gasteiger partial charge in [-0.15, -0.1) is 0 Å². The highest BCUT2D eigenvalue weighted by molar-refractivity contribution is 5.62. The van der Waals surface area contributed by atoms with Gasteiger partial charge in [-0.05, 0) is 36.5 Å². The van der Waals surface area contributed by atoms with Gasteiger partial charge in [0.25, 0.3) is 0 Å². The van der Waals surface area contributed by atoms with Crippen LogP contribution < -0.4 is 5.32 Å². The van der Waals surface area contributed by atoms with Crippen molar-refractivity contribution in [2.24, 2.45) is 5.92 Å². The smallest absolute Gasteiger partial charge is 0.384 e. The first-order chi connectivity index (χ1) is 7.39. The minimum Gasteiger partial charge on any atom is -0.384 e. The van der Waals surface area contributed by atoms with E-state index in [9.17, 15) is 13.2 Å². The van der Waals surface area contributed by atoms with Crippen molar-refractivity contribution in [3.63, 3.8) is 0 Å². The summed E-state index contributed by atoms with van der Waals surface area (Å²) < 4.78 is 38.4. The topological polar surface area (TPSA) is 12.0 Å². The third kappa shape index (κ3) is 1.88. The first-order valence-corrected chi connectivity index (χ1v) is 5.33. The van der Waals surface area contributed by atoms with E-state index >= 15 is 0 Å². The monoisotopic (exact) mass is 229 g/mol. The van der Waals surface area contributed by atoms with Crippen molar-refractivity contribution in [1.82, 2.24) is 0 Å².